The van der Waals surface area contributed by atoms with Crippen LogP contribution in [0.5, 0.6) is 0 Å². The molecule has 0 unspecified atom stereocenters. The fraction of sp³-hybridized carbons (Fsp3) is 0.238. The number of pyridine rings is 1. The van der Waals surface area contributed by atoms with Crippen LogP contribution < -0.4 is 5.32 Å². The summed E-state index contributed by atoms with van der Waals surface area (Å²) in [5, 5.41) is 3.47. The zero-order valence-corrected chi connectivity index (χ0v) is 16.9. The highest BCUT2D eigenvalue weighted by Crippen LogP contribution is 2.23. The number of hydrogen-bond acceptors (Lipinski definition) is 4. The zero-order chi connectivity index (χ0) is 20.3. The van der Waals surface area contributed by atoms with Gasteiger partial charge in [0.05, 0.1) is 12.1 Å². The molecular weight excluding hydrogens is 374 g/mol. The van der Waals surface area contributed by atoms with Gasteiger partial charge < -0.3 is 5.32 Å². The summed E-state index contributed by atoms with van der Waals surface area (Å²) in [6.07, 6.45) is 1.55. The van der Waals surface area contributed by atoms with E-state index in [1.807, 2.05) is 24.3 Å². The van der Waals surface area contributed by atoms with E-state index in [1.54, 1.807) is 30.5 Å². The summed E-state index contributed by atoms with van der Waals surface area (Å²) in [5.41, 5.74) is 2.19. The highest BCUT2D eigenvalue weighted by Gasteiger charge is 2.25. The normalized spacial score (nSPS) is 11.9. The molecule has 1 amide bonds. The number of rotatable bonds is 6. The Bertz CT molecular complexity index is 1090. The Kier molecular flexibility index (Phi) is 5.76. The van der Waals surface area contributed by atoms with E-state index in [4.69, 9.17) is 0 Å². The van der Waals surface area contributed by atoms with Crippen LogP contribution in [0, 0.1) is 0 Å². The highest BCUT2D eigenvalue weighted by atomic mass is 32.2. The first-order valence-electron chi connectivity index (χ1n) is 8.99. The molecule has 3 aromatic rings. The Hall–Kier alpha value is -2.77. The number of aromatic nitrogens is 1. The largest absolute Gasteiger partial charge is 0.325 e. The third-order valence-corrected chi connectivity index (χ3v) is 6.35. The molecule has 3 rings (SSSR count). The standard InChI is InChI=1S/C21H23N3O3S/c1-15(2)16-9-11-18(12-10-16)23-20(25)14-24(3)28(26,27)19-8-4-6-17-7-5-13-22-21(17)19/h4-13,15H,14H2,1-3H3,(H,23,25). The Morgan fingerprint density at radius 1 is 1.07 bits per heavy atom. The Morgan fingerprint density at radius 2 is 1.75 bits per heavy atom. The van der Waals surface area contributed by atoms with Gasteiger partial charge in [0.25, 0.3) is 0 Å². The Morgan fingerprint density at radius 3 is 2.43 bits per heavy atom. The quantitative estimate of drug-likeness (QED) is 0.689. The van der Waals surface area contributed by atoms with Crippen molar-refractivity contribution in [3.8, 4) is 0 Å². The lowest BCUT2D eigenvalue weighted by Gasteiger charge is -2.18. The van der Waals surface area contributed by atoms with Crippen LogP contribution >= 0.6 is 0 Å². The fourth-order valence-electron chi connectivity index (χ4n) is 2.89. The van der Waals surface area contributed by atoms with Gasteiger partial charge in [0, 0.05) is 24.3 Å². The molecule has 1 heterocycles. The van der Waals surface area contributed by atoms with E-state index < -0.39 is 15.9 Å². The first kappa shape index (κ1) is 20.0. The lowest BCUT2D eigenvalue weighted by Crippen LogP contribution is -2.35. The van der Waals surface area contributed by atoms with Crippen molar-refractivity contribution in [1.29, 1.82) is 0 Å². The van der Waals surface area contributed by atoms with Crippen LogP contribution in [0.4, 0.5) is 5.69 Å². The maximum atomic E-state index is 13.0. The van der Waals surface area contributed by atoms with Crippen LogP contribution in [0.25, 0.3) is 10.9 Å². The lowest BCUT2D eigenvalue weighted by molar-refractivity contribution is -0.116. The summed E-state index contributed by atoms with van der Waals surface area (Å²) in [6, 6.07) is 16.0. The third-order valence-electron chi connectivity index (χ3n) is 4.51. The molecule has 28 heavy (non-hydrogen) atoms. The van der Waals surface area contributed by atoms with E-state index in [9.17, 15) is 13.2 Å². The average molecular weight is 398 g/mol. The summed E-state index contributed by atoms with van der Waals surface area (Å²) in [5.74, 6) is -0.00750. The molecule has 0 fully saturated rings. The van der Waals surface area contributed by atoms with Gasteiger partial charge in [-0.05, 0) is 35.7 Å². The summed E-state index contributed by atoms with van der Waals surface area (Å²) in [4.78, 5) is 16.6. The monoisotopic (exact) mass is 397 g/mol. The van der Waals surface area contributed by atoms with Crippen molar-refractivity contribution in [2.75, 3.05) is 18.9 Å². The molecule has 6 nitrogen and oxygen atoms in total. The van der Waals surface area contributed by atoms with Crippen LogP contribution in [-0.2, 0) is 14.8 Å². The Balaban J connectivity index is 1.75. The van der Waals surface area contributed by atoms with E-state index in [2.05, 4.69) is 24.1 Å². The number of nitrogens with one attached hydrogen (secondary N) is 1. The maximum absolute atomic E-state index is 13.0. The second kappa shape index (κ2) is 8.08. The molecule has 0 atom stereocenters. The highest BCUT2D eigenvalue weighted by molar-refractivity contribution is 7.89. The van der Waals surface area contributed by atoms with E-state index in [-0.39, 0.29) is 11.4 Å². The number of carbonyl (C=O) groups excluding carboxylic acids is 1. The summed E-state index contributed by atoms with van der Waals surface area (Å²) < 4.78 is 27.0. The second-order valence-electron chi connectivity index (χ2n) is 6.92. The summed E-state index contributed by atoms with van der Waals surface area (Å²) >= 11 is 0. The molecule has 0 bridgehead atoms. The molecule has 2 aromatic carbocycles. The summed E-state index contributed by atoms with van der Waals surface area (Å²) in [7, 11) is -2.47. The molecule has 0 aliphatic carbocycles. The van der Waals surface area contributed by atoms with Crippen molar-refractivity contribution in [2.24, 2.45) is 0 Å². The molecule has 0 saturated carbocycles. The van der Waals surface area contributed by atoms with E-state index in [1.165, 1.54) is 18.7 Å². The van der Waals surface area contributed by atoms with Crippen molar-refractivity contribution in [2.45, 2.75) is 24.7 Å². The maximum Gasteiger partial charge on any atom is 0.245 e. The van der Waals surface area contributed by atoms with Crippen LogP contribution in [0.3, 0.4) is 0 Å². The molecule has 0 radical (unpaired) electrons. The van der Waals surface area contributed by atoms with Crippen molar-refractivity contribution < 1.29 is 13.2 Å². The fourth-order valence-corrected chi connectivity index (χ4v) is 4.18. The number of nitrogens with zero attached hydrogens (tertiary/aromatic N) is 2. The number of anilines is 1. The SMILES string of the molecule is CC(C)c1ccc(NC(=O)CN(C)S(=O)(=O)c2cccc3cccnc23)cc1. The van der Waals surface area contributed by atoms with E-state index >= 15 is 0 Å². The van der Waals surface area contributed by atoms with Gasteiger partial charge in [-0.3, -0.25) is 9.78 Å². The van der Waals surface area contributed by atoms with E-state index in [0.717, 1.165) is 9.69 Å². The van der Waals surface area contributed by atoms with Crippen LogP contribution in [0.15, 0.2) is 65.7 Å². The molecule has 146 valence electrons. The second-order valence-corrected chi connectivity index (χ2v) is 8.93. The average Bonchev–Trinajstić information content (AvgIpc) is 2.67. The molecular formula is C21H23N3O3S. The van der Waals surface area contributed by atoms with Gasteiger partial charge in [-0.2, -0.15) is 4.31 Å². The van der Waals surface area contributed by atoms with Gasteiger partial charge >= 0.3 is 0 Å². The molecule has 7 heteroatoms. The lowest BCUT2D eigenvalue weighted by atomic mass is 10.0. The molecule has 1 aromatic heterocycles. The van der Waals surface area contributed by atoms with Gasteiger partial charge in [0.2, 0.25) is 15.9 Å². The number of likely N-dealkylation sites (N-methyl/N-ethyl adjacent to an activating group) is 1. The predicted molar refractivity (Wildman–Crippen MR) is 111 cm³/mol. The van der Waals surface area contributed by atoms with Crippen LogP contribution in [0.1, 0.15) is 25.3 Å². The topological polar surface area (TPSA) is 79.4 Å². The minimum Gasteiger partial charge on any atom is -0.325 e. The van der Waals surface area contributed by atoms with Crippen molar-refractivity contribution in [3.05, 3.63) is 66.4 Å². The van der Waals surface area contributed by atoms with Crippen molar-refractivity contribution in [3.63, 3.8) is 0 Å². The smallest absolute Gasteiger partial charge is 0.245 e. The van der Waals surface area contributed by atoms with E-state index in [0.29, 0.717) is 17.1 Å². The first-order valence-corrected chi connectivity index (χ1v) is 10.4. The number of sulfonamides is 1. The van der Waals surface area contributed by atoms with Crippen LogP contribution in [-0.4, -0.2) is 37.2 Å². The Labute approximate surface area is 165 Å². The number of benzene rings is 2. The summed E-state index contributed by atoms with van der Waals surface area (Å²) in [6.45, 7) is 3.89. The number of para-hydroxylation sites is 1. The molecule has 0 aliphatic rings. The predicted octanol–water partition coefficient (Wildman–Crippen LogP) is 3.62. The van der Waals surface area contributed by atoms with Gasteiger partial charge in [-0.15, -0.1) is 0 Å². The molecule has 0 aliphatic heterocycles. The molecule has 0 saturated heterocycles. The third kappa shape index (κ3) is 4.21. The van der Waals surface area contributed by atoms with Crippen molar-refractivity contribution in [1.82, 2.24) is 9.29 Å². The van der Waals surface area contributed by atoms with Gasteiger partial charge in [-0.25, -0.2) is 8.42 Å². The van der Waals surface area contributed by atoms with Gasteiger partial charge in [0.15, 0.2) is 0 Å². The first-order chi connectivity index (χ1) is 13.3. The number of carbonyl (C=O) groups is 1. The number of hydrogen-bond donors (Lipinski definition) is 1. The number of amides is 1. The van der Waals surface area contributed by atoms with Gasteiger partial charge in [-0.1, -0.05) is 44.2 Å². The van der Waals surface area contributed by atoms with Crippen molar-refractivity contribution >= 4 is 32.5 Å². The molecule has 0 spiro atoms. The zero-order valence-electron chi connectivity index (χ0n) is 16.1. The minimum atomic E-state index is -3.86. The van der Waals surface area contributed by atoms with Gasteiger partial charge in [0.1, 0.15) is 4.90 Å². The number of fused-ring (bicyclic) bond motifs is 1. The molecule has 1 N–H and O–H groups in total. The van der Waals surface area contributed by atoms with Crippen LogP contribution in [0.2, 0.25) is 0 Å². The minimum absolute atomic E-state index is 0.0854.